The summed E-state index contributed by atoms with van der Waals surface area (Å²) in [6.07, 6.45) is 2.12. The third-order valence-electron chi connectivity index (χ3n) is 1.71. The second-order valence-corrected chi connectivity index (χ2v) is 3.23. The fourth-order valence-corrected chi connectivity index (χ4v) is 0.693. The van der Waals surface area contributed by atoms with Crippen molar-refractivity contribution in [1.29, 1.82) is 0 Å². The Kier molecular flexibility index (Phi) is 6.02. The lowest BCUT2D eigenvalue weighted by molar-refractivity contribution is -0.138. The van der Waals surface area contributed by atoms with Gasteiger partial charge in [0, 0.05) is 6.21 Å². The van der Waals surface area contributed by atoms with Crippen molar-refractivity contribution in [3.8, 4) is 0 Å². The maximum atomic E-state index is 10.3. The van der Waals surface area contributed by atoms with E-state index in [1.165, 1.54) is 0 Å². The first-order valence-corrected chi connectivity index (χ1v) is 4.37. The molecule has 0 heterocycles. The molecule has 14 heavy (non-hydrogen) atoms. The summed E-state index contributed by atoms with van der Waals surface area (Å²) in [6, 6.07) is -0.822. The number of carbonyl (C=O) groups is 1. The molecule has 0 rings (SSSR count). The Morgan fingerprint density at radius 3 is 2.57 bits per heavy atom. The van der Waals surface area contributed by atoms with Crippen LogP contribution in [0.4, 0.5) is 0 Å². The molecule has 0 aromatic rings. The van der Waals surface area contributed by atoms with Crippen molar-refractivity contribution in [3.05, 3.63) is 0 Å². The minimum atomic E-state index is -0.990. The minimum absolute atomic E-state index is 0.374. The van der Waals surface area contributed by atoms with Crippen molar-refractivity contribution in [3.63, 3.8) is 0 Å². The average Bonchev–Trinajstić information content (AvgIpc) is 2.11. The predicted molar refractivity (Wildman–Crippen MR) is 55.0 cm³/mol. The summed E-state index contributed by atoms with van der Waals surface area (Å²) in [5.41, 5.74) is 10.9. The molecule has 0 saturated heterocycles. The Morgan fingerprint density at radius 1 is 1.57 bits per heavy atom. The summed E-state index contributed by atoms with van der Waals surface area (Å²) in [5, 5.41) is 8.48. The Bertz CT molecular complexity index is 206. The number of carboxylic acids is 1. The van der Waals surface area contributed by atoms with Crippen LogP contribution in [0.3, 0.4) is 0 Å². The fourth-order valence-electron chi connectivity index (χ4n) is 0.693. The van der Waals surface area contributed by atoms with Gasteiger partial charge in [0.1, 0.15) is 6.04 Å². The number of carboxylic acid groups (broad SMARTS) is 1. The highest BCUT2D eigenvalue weighted by atomic mass is 16.4. The molecule has 0 aliphatic heterocycles. The van der Waals surface area contributed by atoms with Crippen LogP contribution in [0.2, 0.25) is 0 Å². The molecule has 0 aliphatic rings. The van der Waals surface area contributed by atoms with E-state index in [2.05, 4.69) is 4.99 Å². The molecule has 0 fully saturated rings. The fraction of sp³-hybridized carbons (Fsp3) is 0.750. The van der Waals surface area contributed by atoms with Gasteiger partial charge in [-0.2, -0.15) is 0 Å². The molecule has 0 amide bonds. The zero-order valence-electron chi connectivity index (χ0n) is 8.55. The zero-order chi connectivity index (χ0) is 11.1. The second kappa shape index (κ2) is 6.47. The maximum absolute atomic E-state index is 10.3. The van der Waals surface area contributed by atoms with Crippen LogP contribution in [0, 0.1) is 0 Å². The summed E-state index contributed by atoms with van der Waals surface area (Å²) in [4.78, 5) is 16.1. The van der Waals surface area contributed by atoms with E-state index in [4.69, 9.17) is 16.6 Å². The van der Waals surface area contributed by atoms with E-state index >= 15 is 0 Å². The van der Waals surface area contributed by atoms with Crippen LogP contribution in [-0.4, -0.2) is 48.6 Å². The molecule has 82 valence electrons. The van der Waals surface area contributed by atoms with Gasteiger partial charge in [-0.1, -0.05) is 0 Å². The molecule has 0 aliphatic carbocycles. The zero-order valence-corrected chi connectivity index (χ0v) is 8.55. The van der Waals surface area contributed by atoms with Gasteiger partial charge in [0.2, 0.25) is 0 Å². The summed E-state index contributed by atoms with van der Waals surface area (Å²) in [6.45, 7) is 0. The van der Waals surface area contributed by atoms with E-state index in [0.29, 0.717) is 12.8 Å². The molecule has 6 nitrogen and oxygen atoms in total. The molecule has 0 aromatic carbocycles. The number of hydrogen-bond acceptors (Lipinski definition) is 5. The Hall–Kier alpha value is -0.980. The van der Waals surface area contributed by atoms with Gasteiger partial charge in [-0.15, -0.1) is 0 Å². The van der Waals surface area contributed by atoms with Crippen LogP contribution < -0.4 is 11.5 Å². The Morgan fingerprint density at radius 2 is 2.14 bits per heavy atom. The van der Waals surface area contributed by atoms with E-state index in [-0.39, 0.29) is 6.29 Å². The van der Waals surface area contributed by atoms with E-state index in [1.54, 1.807) is 11.1 Å². The molecule has 0 aromatic heterocycles. The number of aliphatic carboxylic acids is 1. The van der Waals surface area contributed by atoms with Crippen molar-refractivity contribution in [2.24, 2.45) is 16.5 Å². The van der Waals surface area contributed by atoms with E-state index in [0.717, 1.165) is 0 Å². The van der Waals surface area contributed by atoms with Gasteiger partial charge < -0.3 is 10.8 Å². The summed E-state index contributed by atoms with van der Waals surface area (Å²) in [5.74, 6) is -0.990. The highest BCUT2D eigenvalue weighted by Crippen LogP contribution is 1.93. The van der Waals surface area contributed by atoms with Gasteiger partial charge in [0.25, 0.3) is 0 Å². The summed E-state index contributed by atoms with van der Waals surface area (Å²) < 4.78 is 0. The van der Waals surface area contributed by atoms with Gasteiger partial charge in [0.05, 0.1) is 0 Å². The first-order valence-electron chi connectivity index (χ1n) is 4.37. The molecule has 0 radical (unpaired) electrons. The number of hydrogen-bond donors (Lipinski definition) is 3. The van der Waals surface area contributed by atoms with E-state index < -0.39 is 12.0 Å². The number of nitrogens with two attached hydrogens (primary N) is 2. The van der Waals surface area contributed by atoms with Crippen LogP contribution in [0.5, 0.6) is 0 Å². The molecule has 0 bridgehead atoms. The molecule has 0 saturated carbocycles. The second-order valence-electron chi connectivity index (χ2n) is 3.23. The standard InChI is InChI=1S/C8H18N4O2/c1-12(2)8(10)11-5-3-4-6(9)7(13)14/h5-6,8H,3-4,9-10H2,1-2H3,(H,13,14)/b11-5+/t6-,8?/m1/s1. The average molecular weight is 202 g/mol. The van der Waals surface area contributed by atoms with Crippen LogP contribution in [-0.2, 0) is 4.79 Å². The van der Waals surface area contributed by atoms with Crippen molar-refractivity contribution in [2.75, 3.05) is 14.1 Å². The van der Waals surface area contributed by atoms with E-state index in [1.807, 2.05) is 14.1 Å². The first-order chi connectivity index (χ1) is 6.45. The normalized spacial score (nSPS) is 16.1. The molecule has 5 N–H and O–H groups in total. The van der Waals surface area contributed by atoms with Gasteiger partial charge in [-0.3, -0.25) is 20.4 Å². The van der Waals surface area contributed by atoms with Gasteiger partial charge in [-0.25, -0.2) is 0 Å². The number of nitrogens with zero attached hydrogens (tertiary/aromatic N) is 2. The Balaban J connectivity index is 3.68. The van der Waals surface area contributed by atoms with Crippen molar-refractivity contribution in [2.45, 2.75) is 25.2 Å². The van der Waals surface area contributed by atoms with Crippen molar-refractivity contribution in [1.82, 2.24) is 4.90 Å². The summed E-state index contributed by atoms with van der Waals surface area (Å²) >= 11 is 0. The number of aliphatic imine (C=N–C) groups is 1. The van der Waals surface area contributed by atoms with Crippen molar-refractivity contribution >= 4 is 12.2 Å². The monoisotopic (exact) mass is 202 g/mol. The predicted octanol–water partition coefficient (Wildman–Crippen LogP) is -0.947. The lowest BCUT2D eigenvalue weighted by Crippen LogP contribution is -2.34. The van der Waals surface area contributed by atoms with Gasteiger partial charge in [-0.05, 0) is 26.9 Å². The van der Waals surface area contributed by atoms with Gasteiger partial charge in [0.15, 0.2) is 6.29 Å². The topological polar surface area (TPSA) is 105 Å². The maximum Gasteiger partial charge on any atom is 0.320 e. The van der Waals surface area contributed by atoms with Gasteiger partial charge >= 0.3 is 5.97 Å². The van der Waals surface area contributed by atoms with Crippen molar-refractivity contribution < 1.29 is 9.90 Å². The molecule has 2 atom stereocenters. The first kappa shape index (κ1) is 13.0. The molecular weight excluding hydrogens is 184 g/mol. The van der Waals surface area contributed by atoms with Crippen LogP contribution >= 0.6 is 0 Å². The van der Waals surface area contributed by atoms with Crippen LogP contribution in [0.1, 0.15) is 12.8 Å². The lowest BCUT2D eigenvalue weighted by atomic mass is 10.2. The molecule has 6 heteroatoms. The number of rotatable bonds is 6. The largest absolute Gasteiger partial charge is 0.480 e. The molecule has 1 unspecified atom stereocenters. The SMILES string of the molecule is CN(C)C(N)/N=C/CC[C@@H](N)C(=O)O. The van der Waals surface area contributed by atoms with Crippen LogP contribution in [0.15, 0.2) is 4.99 Å². The molecule has 0 spiro atoms. The quantitative estimate of drug-likeness (QED) is 0.380. The summed E-state index contributed by atoms with van der Waals surface area (Å²) in [7, 11) is 3.62. The third kappa shape index (κ3) is 5.63. The minimum Gasteiger partial charge on any atom is -0.480 e. The highest BCUT2D eigenvalue weighted by molar-refractivity contribution is 5.73. The van der Waals surface area contributed by atoms with Crippen LogP contribution in [0.25, 0.3) is 0 Å². The lowest BCUT2D eigenvalue weighted by Gasteiger charge is -2.14. The molecular formula is C8H18N4O2. The smallest absolute Gasteiger partial charge is 0.320 e. The Labute approximate surface area is 83.6 Å². The third-order valence-corrected chi connectivity index (χ3v) is 1.71. The highest BCUT2D eigenvalue weighted by Gasteiger charge is 2.09. The van der Waals surface area contributed by atoms with E-state index in [9.17, 15) is 4.79 Å².